The van der Waals surface area contributed by atoms with Gasteiger partial charge in [-0.1, -0.05) is 12.1 Å². The minimum Gasteiger partial charge on any atom is -0.494 e. The Balaban J connectivity index is 2.32. The second kappa shape index (κ2) is 4.93. The zero-order chi connectivity index (χ0) is 12.3. The molecule has 2 N–H and O–H groups in total. The fraction of sp³-hybridized carbons (Fsp3) is 0.154. The standard InChI is InChI=1S/C13H13FN2O/c1-17-12-6-5-9(8-10(12)14)13(15)11-4-2-3-7-16-11/h2-8,13H,15H2,1H3. The van der Waals surface area contributed by atoms with Crippen molar-refractivity contribution in [1.82, 2.24) is 4.98 Å². The summed E-state index contributed by atoms with van der Waals surface area (Å²) in [4.78, 5) is 4.15. The molecule has 0 saturated heterocycles. The van der Waals surface area contributed by atoms with E-state index in [0.29, 0.717) is 11.3 Å². The Morgan fingerprint density at radius 2 is 2.12 bits per heavy atom. The Hall–Kier alpha value is -1.94. The molecule has 0 fully saturated rings. The maximum absolute atomic E-state index is 13.5. The van der Waals surface area contributed by atoms with Gasteiger partial charge in [0.15, 0.2) is 11.6 Å². The number of hydrogen-bond donors (Lipinski definition) is 1. The summed E-state index contributed by atoms with van der Waals surface area (Å²) in [6.45, 7) is 0. The van der Waals surface area contributed by atoms with E-state index in [0.717, 1.165) is 0 Å². The second-order valence-corrected chi connectivity index (χ2v) is 3.63. The Labute approximate surface area is 99.1 Å². The highest BCUT2D eigenvalue weighted by atomic mass is 19.1. The second-order valence-electron chi connectivity index (χ2n) is 3.63. The summed E-state index contributed by atoms with van der Waals surface area (Å²) in [5, 5.41) is 0. The SMILES string of the molecule is COc1ccc(C(N)c2ccccn2)cc1F. The lowest BCUT2D eigenvalue weighted by Gasteiger charge is -2.12. The lowest BCUT2D eigenvalue weighted by atomic mass is 10.0. The van der Waals surface area contributed by atoms with Crippen LogP contribution in [0, 0.1) is 5.82 Å². The molecule has 2 rings (SSSR count). The van der Waals surface area contributed by atoms with Crippen molar-refractivity contribution < 1.29 is 9.13 Å². The van der Waals surface area contributed by atoms with E-state index in [9.17, 15) is 4.39 Å². The number of hydrogen-bond acceptors (Lipinski definition) is 3. The van der Waals surface area contributed by atoms with E-state index in [2.05, 4.69) is 4.98 Å². The normalized spacial score (nSPS) is 12.2. The van der Waals surface area contributed by atoms with Gasteiger partial charge >= 0.3 is 0 Å². The van der Waals surface area contributed by atoms with Crippen molar-refractivity contribution in [2.75, 3.05) is 7.11 Å². The minimum absolute atomic E-state index is 0.210. The summed E-state index contributed by atoms with van der Waals surface area (Å²) in [7, 11) is 1.43. The summed E-state index contributed by atoms with van der Waals surface area (Å²) in [5.41, 5.74) is 7.38. The van der Waals surface area contributed by atoms with Crippen molar-refractivity contribution in [3.8, 4) is 5.75 Å². The summed E-state index contributed by atoms with van der Waals surface area (Å²) < 4.78 is 18.4. The third-order valence-corrected chi connectivity index (χ3v) is 2.54. The summed E-state index contributed by atoms with van der Waals surface area (Å²) >= 11 is 0. The van der Waals surface area contributed by atoms with Gasteiger partial charge in [-0.25, -0.2) is 4.39 Å². The van der Waals surface area contributed by atoms with Gasteiger partial charge in [-0.15, -0.1) is 0 Å². The van der Waals surface area contributed by atoms with E-state index in [1.54, 1.807) is 18.3 Å². The third-order valence-electron chi connectivity index (χ3n) is 2.54. The van der Waals surface area contributed by atoms with E-state index in [1.807, 2.05) is 18.2 Å². The molecule has 0 spiro atoms. The number of nitrogens with two attached hydrogens (primary N) is 1. The van der Waals surface area contributed by atoms with E-state index < -0.39 is 11.9 Å². The molecule has 4 heteroatoms. The van der Waals surface area contributed by atoms with Crippen molar-refractivity contribution >= 4 is 0 Å². The largest absolute Gasteiger partial charge is 0.494 e. The smallest absolute Gasteiger partial charge is 0.165 e. The Kier molecular flexibility index (Phi) is 3.35. The number of nitrogens with zero attached hydrogens (tertiary/aromatic N) is 1. The number of ether oxygens (including phenoxy) is 1. The predicted molar refractivity (Wildman–Crippen MR) is 63.2 cm³/mol. The fourth-order valence-corrected chi connectivity index (χ4v) is 1.61. The zero-order valence-electron chi connectivity index (χ0n) is 9.43. The fourth-order valence-electron chi connectivity index (χ4n) is 1.61. The molecule has 1 atom stereocenters. The van der Waals surface area contributed by atoms with Gasteiger partial charge in [-0.3, -0.25) is 4.98 Å². The highest BCUT2D eigenvalue weighted by molar-refractivity contribution is 5.34. The van der Waals surface area contributed by atoms with Crippen LogP contribution in [0.4, 0.5) is 4.39 Å². The molecule has 88 valence electrons. The van der Waals surface area contributed by atoms with E-state index >= 15 is 0 Å². The number of rotatable bonds is 3. The van der Waals surface area contributed by atoms with Crippen molar-refractivity contribution in [3.05, 3.63) is 59.7 Å². The third kappa shape index (κ3) is 2.42. The predicted octanol–water partition coefficient (Wildman–Crippen LogP) is 2.28. The van der Waals surface area contributed by atoms with Crippen LogP contribution in [0.1, 0.15) is 17.3 Å². The molecule has 17 heavy (non-hydrogen) atoms. The maximum Gasteiger partial charge on any atom is 0.165 e. The molecular weight excluding hydrogens is 219 g/mol. The van der Waals surface area contributed by atoms with Crippen LogP contribution in [-0.2, 0) is 0 Å². The van der Waals surface area contributed by atoms with Crippen LogP contribution >= 0.6 is 0 Å². The molecule has 0 aliphatic rings. The first-order valence-electron chi connectivity index (χ1n) is 5.22. The molecular formula is C13H13FN2O. The molecule has 0 bridgehead atoms. The molecule has 1 heterocycles. The van der Waals surface area contributed by atoms with Crippen LogP contribution in [0.2, 0.25) is 0 Å². The van der Waals surface area contributed by atoms with Crippen LogP contribution in [0.25, 0.3) is 0 Å². The number of benzene rings is 1. The Morgan fingerprint density at radius 3 is 2.71 bits per heavy atom. The van der Waals surface area contributed by atoms with Crippen molar-refractivity contribution in [1.29, 1.82) is 0 Å². The first-order valence-corrected chi connectivity index (χ1v) is 5.22. The van der Waals surface area contributed by atoms with Crippen molar-refractivity contribution in [3.63, 3.8) is 0 Å². The number of methoxy groups -OCH3 is 1. The van der Waals surface area contributed by atoms with Gasteiger partial charge in [0, 0.05) is 6.20 Å². The van der Waals surface area contributed by atoms with E-state index in [4.69, 9.17) is 10.5 Å². The van der Waals surface area contributed by atoms with Gasteiger partial charge in [0.25, 0.3) is 0 Å². The highest BCUT2D eigenvalue weighted by Crippen LogP contribution is 2.23. The van der Waals surface area contributed by atoms with Gasteiger partial charge in [0.2, 0.25) is 0 Å². The van der Waals surface area contributed by atoms with E-state index in [1.165, 1.54) is 13.2 Å². The first-order chi connectivity index (χ1) is 8.22. The molecule has 2 aromatic rings. The quantitative estimate of drug-likeness (QED) is 0.883. The van der Waals surface area contributed by atoms with Gasteiger partial charge in [0.05, 0.1) is 18.8 Å². The van der Waals surface area contributed by atoms with Crippen molar-refractivity contribution in [2.45, 2.75) is 6.04 Å². The van der Waals surface area contributed by atoms with Gasteiger partial charge < -0.3 is 10.5 Å². The molecule has 0 saturated carbocycles. The summed E-state index contributed by atoms with van der Waals surface area (Å²) in [5.74, 6) is -0.210. The first kappa shape index (κ1) is 11.5. The Bertz CT molecular complexity index is 502. The molecule has 1 aromatic carbocycles. The average molecular weight is 232 g/mol. The van der Waals surface area contributed by atoms with E-state index in [-0.39, 0.29) is 5.75 Å². The zero-order valence-corrected chi connectivity index (χ0v) is 9.43. The lowest BCUT2D eigenvalue weighted by molar-refractivity contribution is 0.386. The monoisotopic (exact) mass is 232 g/mol. The van der Waals surface area contributed by atoms with Crippen molar-refractivity contribution in [2.24, 2.45) is 5.73 Å². The lowest BCUT2D eigenvalue weighted by Crippen LogP contribution is -2.13. The summed E-state index contributed by atoms with van der Waals surface area (Å²) in [6, 6.07) is 9.71. The molecule has 1 unspecified atom stereocenters. The van der Waals surface area contributed by atoms with Crippen LogP contribution in [0.3, 0.4) is 0 Å². The van der Waals surface area contributed by atoms with Gasteiger partial charge in [0.1, 0.15) is 0 Å². The molecule has 3 nitrogen and oxygen atoms in total. The number of halogens is 1. The van der Waals surface area contributed by atoms with Crippen LogP contribution in [0.5, 0.6) is 5.75 Å². The molecule has 0 radical (unpaired) electrons. The van der Waals surface area contributed by atoms with Crippen LogP contribution in [0.15, 0.2) is 42.6 Å². The minimum atomic E-state index is -0.434. The van der Waals surface area contributed by atoms with Crippen LogP contribution in [-0.4, -0.2) is 12.1 Å². The molecule has 0 aliphatic carbocycles. The van der Waals surface area contributed by atoms with Gasteiger partial charge in [-0.05, 0) is 29.8 Å². The van der Waals surface area contributed by atoms with Gasteiger partial charge in [-0.2, -0.15) is 0 Å². The number of pyridine rings is 1. The van der Waals surface area contributed by atoms with Crippen LogP contribution < -0.4 is 10.5 Å². The molecule has 1 aromatic heterocycles. The summed E-state index contributed by atoms with van der Waals surface area (Å²) in [6.07, 6.45) is 1.66. The maximum atomic E-state index is 13.5. The molecule has 0 aliphatic heterocycles. The highest BCUT2D eigenvalue weighted by Gasteiger charge is 2.12. The topological polar surface area (TPSA) is 48.1 Å². The molecule has 0 amide bonds. The number of aromatic nitrogens is 1. The average Bonchev–Trinajstić information content (AvgIpc) is 2.39. The Morgan fingerprint density at radius 1 is 1.29 bits per heavy atom.